The topological polar surface area (TPSA) is 127 Å². The lowest BCUT2D eigenvalue weighted by atomic mass is 9.93. The number of nitrogens with zero attached hydrogens (tertiary/aromatic N) is 3. The van der Waals surface area contributed by atoms with Gasteiger partial charge in [0, 0.05) is 13.1 Å². The average molecular weight is 327 g/mol. The molecule has 0 bridgehead atoms. The second kappa shape index (κ2) is 11.4. The zero-order valence-corrected chi connectivity index (χ0v) is 13.1. The number of piperidine rings is 1. The van der Waals surface area contributed by atoms with Crippen LogP contribution in [0.4, 0.5) is 0 Å². The van der Waals surface area contributed by atoms with E-state index in [1.54, 1.807) is 0 Å². The molecule has 4 N–H and O–H groups in total. The van der Waals surface area contributed by atoms with Crippen molar-refractivity contribution < 1.29 is 20.0 Å². The van der Waals surface area contributed by atoms with E-state index < -0.39 is 0 Å². The van der Waals surface area contributed by atoms with E-state index >= 15 is 0 Å². The first-order valence-electron chi connectivity index (χ1n) is 7.78. The molecule has 9 heteroatoms. The fourth-order valence-electron chi connectivity index (χ4n) is 2.61. The van der Waals surface area contributed by atoms with Gasteiger partial charge in [-0.2, -0.15) is 0 Å². The molecular weight excluding hydrogens is 302 g/mol. The third-order valence-electron chi connectivity index (χ3n) is 3.86. The third-order valence-corrected chi connectivity index (χ3v) is 3.86. The SMILES string of the molecule is O=C(/C=N/O)NCCCN1CCC(CCNC(=O)/C=N/O)CC1. The summed E-state index contributed by atoms with van der Waals surface area (Å²) in [7, 11) is 0. The molecule has 1 aliphatic rings. The zero-order valence-electron chi connectivity index (χ0n) is 13.1. The molecule has 9 nitrogen and oxygen atoms in total. The lowest BCUT2D eigenvalue weighted by Crippen LogP contribution is -2.37. The Hall–Kier alpha value is -2.16. The Bertz CT molecular complexity index is 419. The maximum atomic E-state index is 11.1. The van der Waals surface area contributed by atoms with Crippen LogP contribution in [0, 0.1) is 5.92 Å². The predicted molar refractivity (Wildman–Crippen MR) is 85.0 cm³/mol. The van der Waals surface area contributed by atoms with Crippen LogP contribution in [0.15, 0.2) is 10.3 Å². The molecule has 130 valence electrons. The van der Waals surface area contributed by atoms with E-state index in [0.717, 1.165) is 57.7 Å². The molecule has 0 saturated carbocycles. The molecular formula is C14H25N5O4. The highest BCUT2D eigenvalue weighted by Gasteiger charge is 2.18. The summed E-state index contributed by atoms with van der Waals surface area (Å²) in [5.74, 6) is -0.171. The second-order valence-electron chi connectivity index (χ2n) is 5.50. The third kappa shape index (κ3) is 8.77. The van der Waals surface area contributed by atoms with E-state index in [1.165, 1.54) is 0 Å². The van der Waals surface area contributed by atoms with Crippen molar-refractivity contribution in [3.8, 4) is 0 Å². The Labute approximate surface area is 135 Å². The standard InChI is InChI=1S/C14H25N5O4/c20-13(10-17-22)15-5-1-7-19-8-3-12(4-9-19)2-6-16-14(21)11-18-23/h10-12,22-23H,1-9H2,(H,15,20)(H,16,21)/b17-10+,18-11+. The van der Waals surface area contributed by atoms with E-state index in [9.17, 15) is 9.59 Å². The molecule has 0 aromatic heterocycles. The molecule has 0 spiro atoms. The summed E-state index contributed by atoms with van der Waals surface area (Å²) in [6.07, 6.45) is 5.66. The number of hydrogen-bond acceptors (Lipinski definition) is 7. The maximum Gasteiger partial charge on any atom is 0.265 e. The van der Waals surface area contributed by atoms with Crippen LogP contribution in [0.2, 0.25) is 0 Å². The monoisotopic (exact) mass is 327 g/mol. The predicted octanol–water partition coefficient (Wildman–Crippen LogP) is -0.369. The Morgan fingerprint density at radius 3 is 2.17 bits per heavy atom. The number of nitrogens with one attached hydrogen (secondary N) is 2. The number of carbonyl (C=O) groups is 2. The van der Waals surface area contributed by atoms with Gasteiger partial charge in [-0.15, -0.1) is 0 Å². The molecule has 1 aliphatic heterocycles. The molecule has 1 rings (SSSR count). The summed E-state index contributed by atoms with van der Waals surface area (Å²) in [5, 5.41) is 27.1. The van der Waals surface area contributed by atoms with Gasteiger partial charge in [-0.05, 0) is 51.2 Å². The highest BCUT2D eigenvalue weighted by molar-refractivity contribution is 6.26. The van der Waals surface area contributed by atoms with Crippen LogP contribution >= 0.6 is 0 Å². The smallest absolute Gasteiger partial charge is 0.265 e. The van der Waals surface area contributed by atoms with Gasteiger partial charge < -0.3 is 25.9 Å². The first-order chi connectivity index (χ1) is 11.2. The minimum atomic E-state index is -0.389. The first-order valence-corrected chi connectivity index (χ1v) is 7.78. The van der Waals surface area contributed by atoms with Crippen molar-refractivity contribution in [1.29, 1.82) is 0 Å². The van der Waals surface area contributed by atoms with E-state index in [1.807, 2.05) is 0 Å². The van der Waals surface area contributed by atoms with E-state index in [0.29, 0.717) is 19.0 Å². The van der Waals surface area contributed by atoms with E-state index in [4.69, 9.17) is 10.4 Å². The van der Waals surface area contributed by atoms with E-state index in [2.05, 4.69) is 25.8 Å². The zero-order chi connectivity index (χ0) is 16.9. The molecule has 1 saturated heterocycles. The van der Waals surface area contributed by atoms with Crippen molar-refractivity contribution in [3.63, 3.8) is 0 Å². The van der Waals surface area contributed by atoms with Gasteiger partial charge >= 0.3 is 0 Å². The minimum absolute atomic E-state index is 0.377. The normalized spacial score (nSPS) is 16.9. The Morgan fingerprint density at radius 2 is 1.61 bits per heavy atom. The van der Waals surface area contributed by atoms with Crippen LogP contribution < -0.4 is 10.6 Å². The summed E-state index contributed by atoms with van der Waals surface area (Å²) in [5.41, 5.74) is 0. The van der Waals surface area contributed by atoms with Crippen LogP contribution in [0.1, 0.15) is 25.7 Å². The van der Waals surface area contributed by atoms with Gasteiger partial charge in [-0.3, -0.25) is 9.59 Å². The van der Waals surface area contributed by atoms with Gasteiger partial charge in [0.05, 0.1) is 0 Å². The lowest BCUT2D eigenvalue weighted by Gasteiger charge is -2.32. The quantitative estimate of drug-likeness (QED) is 0.199. The minimum Gasteiger partial charge on any atom is -0.411 e. The lowest BCUT2D eigenvalue weighted by molar-refractivity contribution is -0.115. The highest BCUT2D eigenvalue weighted by Crippen LogP contribution is 2.19. The van der Waals surface area contributed by atoms with Gasteiger partial charge in [0.25, 0.3) is 11.8 Å². The van der Waals surface area contributed by atoms with Crippen molar-refractivity contribution in [1.82, 2.24) is 15.5 Å². The van der Waals surface area contributed by atoms with Crippen molar-refractivity contribution in [3.05, 3.63) is 0 Å². The number of carbonyl (C=O) groups excluding carboxylic acids is 2. The van der Waals surface area contributed by atoms with Crippen molar-refractivity contribution >= 4 is 24.2 Å². The van der Waals surface area contributed by atoms with Crippen LogP contribution in [-0.4, -0.2) is 72.3 Å². The Kier molecular flexibility index (Phi) is 9.37. The van der Waals surface area contributed by atoms with Gasteiger partial charge in [-0.1, -0.05) is 10.3 Å². The molecule has 0 aliphatic carbocycles. The molecule has 23 heavy (non-hydrogen) atoms. The molecule has 1 fully saturated rings. The first kappa shape index (κ1) is 18.9. The summed E-state index contributed by atoms with van der Waals surface area (Å²) < 4.78 is 0. The number of rotatable bonds is 9. The molecule has 0 aromatic carbocycles. The largest absolute Gasteiger partial charge is 0.411 e. The molecule has 1 heterocycles. The van der Waals surface area contributed by atoms with Crippen molar-refractivity contribution in [2.45, 2.75) is 25.7 Å². The van der Waals surface area contributed by atoms with Gasteiger partial charge in [0.15, 0.2) is 0 Å². The van der Waals surface area contributed by atoms with Gasteiger partial charge in [0.1, 0.15) is 12.4 Å². The number of amides is 2. The number of oxime groups is 2. The molecule has 0 aromatic rings. The van der Waals surface area contributed by atoms with E-state index in [-0.39, 0.29) is 11.8 Å². The Morgan fingerprint density at radius 1 is 1.04 bits per heavy atom. The average Bonchev–Trinajstić information content (AvgIpc) is 2.53. The number of hydrogen-bond donors (Lipinski definition) is 4. The Balaban J connectivity index is 2.04. The van der Waals surface area contributed by atoms with Crippen LogP contribution in [0.25, 0.3) is 0 Å². The van der Waals surface area contributed by atoms with Crippen molar-refractivity contribution in [2.75, 3.05) is 32.7 Å². The second-order valence-corrected chi connectivity index (χ2v) is 5.50. The summed E-state index contributed by atoms with van der Waals surface area (Å²) in [6.45, 7) is 4.11. The van der Waals surface area contributed by atoms with Crippen molar-refractivity contribution in [2.24, 2.45) is 16.2 Å². The fourth-order valence-corrected chi connectivity index (χ4v) is 2.61. The molecule has 2 amide bonds. The number of likely N-dealkylation sites (tertiary alicyclic amines) is 1. The van der Waals surface area contributed by atoms with Crippen LogP contribution in [-0.2, 0) is 9.59 Å². The highest BCUT2D eigenvalue weighted by atomic mass is 16.4. The fraction of sp³-hybridized carbons (Fsp3) is 0.714. The molecule has 0 atom stereocenters. The van der Waals surface area contributed by atoms with Gasteiger partial charge in [0.2, 0.25) is 0 Å². The van der Waals surface area contributed by atoms with Crippen LogP contribution in [0.5, 0.6) is 0 Å². The molecule has 0 unspecified atom stereocenters. The summed E-state index contributed by atoms with van der Waals surface area (Å²) in [4.78, 5) is 24.5. The summed E-state index contributed by atoms with van der Waals surface area (Å²) in [6, 6.07) is 0. The van der Waals surface area contributed by atoms with Gasteiger partial charge in [-0.25, -0.2) is 0 Å². The maximum absolute atomic E-state index is 11.1. The van der Waals surface area contributed by atoms with Crippen LogP contribution in [0.3, 0.4) is 0 Å². The summed E-state index contributed by atoms with van der Waals surface area (Å²) >= 11 is 0. The molecule has 0 radical (unpaired) electrons.